The van der Waals surface area contributed by atoms with Crippen molar-refractivity contribution >= 4 is 21.7 Å². The summed E-state index contributed by atoms with van der Waals surface area (Å²) in [6, 6.07) is 26.8. The molecular weight excluding hydrogens is 460 g/mol. The molecule has 1 aliphatic heterocycles. The van der Waals surface area contributed by atoms with Crippen LogP contribution in [-0.4, -0.2) is 11.9 Å². The fourth-order valence-electron chi connectivity index (χ4n) is 4.36. The van der Waals surface area contributed by atoms with E-state index in [1.807, 2.05) is 24.3 Å². The van der Waals surface area contributed by atoms with E-state index in [9.17, 15) is 4.79 Å². The fraction of sp³-hybridized carbons (Fsp3) is 0.345. The van der Waals surface area contributed by atoms with Crippen molar-refractivity contribution in [3.05, 3.63) is 106 Å². The Morgan fingerprint density at radius 1 is 0.719 bits per heavy atom. The highest BCUT2D eigenvalue weighted by molar-refractivity contribution is 9.10. The second-order valence-corrected chi connectivity index (χ2v) is 9.57. The number of benzene rings is 3. The molecule has 0 unspecified atom stereocenters. The number of hydrogen-bond acceptors (Lipinski definition) is 2. The summed E-state index contributed by atoms with van der Waals surface area (Å²) in [6.07, 6.45) is 9.43. The van der Waals surface area contributed by atoms with Gasteiger partial charge in [0.2, 0.25) is 0 Å². The molecule has 32 heavy (non-hydrogen) atoms. The molecular formula is C29H31BrO2. The van der Waals surface area contributed by atoms with Crippen LogP contribution in [0.1, 0.15) is 71.7 Å². The Labute approximate surface area is 200 Å². The van der Waals surface area contributed by atoms with Crippen LogP contribution in [0.15, 0.2) is 83.3 Å². The predicted molar refractivity (Wildman–Crippen MR) is 134 cm³/mol. The number of ether oxygens (including phenoxy) is 1. The number of aryl methyl sites for hydroxylation is 2. The van der Waals surface area contributed by atoms with Crippen molar-refractivity contribution in [2.75, 3.05) is 0 Å². The van der Waals surface area contributed by atoms with Crippen LogP contribution in [0.4, 0.5) is 0 Å². The van der Waals surface area contributed by atoms with Crippen LogP contribution in [0.3, 0.4) is 0 Å². The number of ketones is 1. The zero-order chi connectivity index (χ0) is 22.2. The van der Waals surface area contributed by atoms with Gasteiger partial charge in [0.15, 0.2) is 11.9 Å². The lowest BCUT2D eigenvalue weighted by Gasteiger charge is -2.08. The van der Waals surface area contributed by atoms with Crippen LogP contribution in [-0.2, 0) is 17.6 Å². The van der Waals surface area contributed by atoms with Crippen molar-refractivity contribution in [1.82, 2.24) is 0 Å². The van der Waals surface area contributed by atoms with E-state index in [1.54, 1.807) is 0 Å². The highest BCUT2D eigenvalue weighted by Gasteiger charge is 2.46. The van der Waals surface area contributed by atoms with Gasteiger partial charge in [0.25, 0.3) is 0 Å². The molecule has 1 fully saturated rings. The summed E-state index contributed by atoms with van der Waals surface area (Å²) in [7, 11) is 0. The van der Waals surface area contributed by atoms with Crippen LogP contribution in [0, 0.1) is 0 Å². The molecule has 0 bridgehead atoms. The van der Waals surface area contributed by atoms with Gasteiger partial charge in [-0.15, -0.1) is 0 Å². The van der Waals surface area contributed by atoms with Crippen molar-refractivity contribution in [3.8, 4) is 0 Å². The van der Waals surface area contributed by atoms with E-state index in [0.717, 1.165) is 10.9 Å². The minimum Gasteiger partial charge on any atom is -0.356 e. The van der Waals surface area contributed by atoms with Gasteiger partial charge >= 0.3 is 0 Å². The summed E-state index contributed by atoms with van der Waals surface area (Å²) in [5, 5.41) is 0. The smallest absolute Gasteiger partial charge is 0.194 e. The molecule has 0 radical (unpaired) electrons. The predicted octanol–water partition coefficient (Wildman–Crippen LogP) is 7.90. The maximum atomic E-state index is 12.7. The zero-order valence-electron chi connectivity index (χ0n) is 18.5. The Kier molecular flexibility index (Phi) is 8.30. The molecule has 1 saturated heterocycles. The fourth-order valence-corrected chi connectivity index (χ4v) is 4.63. The first-order valence-corrected chi connectivity index (χ1v) is 12.6. The van der Waals surface area contributed by atoms with Crippen LogP contribution in [0.5, 0.6) is 0 Å². The molecule has 0 aliphatic carbocycles. The summed E-state index contributed by atoms with van der Waals surface area (Å²) in [5.74, 6) is 0.0767. The number of halogens is 1. The average molecular weight is 491 g/mol. The van der Waals surface area contributed by atoms with Gasteiger partial charge in [-0.05, 0) is 54.5 Å². The second kappa shape index (κ2) is 11.6. The topological polar surface area (TPSA) is 29.6 Å². The van der Waals surface area contributed by atoms with E-state index in [2.05, 4.69) is 70.5 Å². The lowest BCUT2D eigenvalue weighted by Crippen LogP contribution is -2.08. The van der Waals surface area contributed by atoms with Crippen LogP contribution in [0.2, 0.25) is 0 Å². The summed E-state index contributed by atoms with van der Waals surface area (Å²) in [6.45, 7) is 0. The second-order valence-electron chi connectivity index (χ2n) is 8.65. The standard InChI is InChI=1S/C29H31BrO2/c30-25-20-18-24(19-21-25)27(31)29-28(32-29)26-17-11-10-16-23(26)15-9-4-2-1-3-6-12-22-13-7-5-8-14-22/h5,7-8,10-11,13-14,16-21,28-29H,1-4,6,9,12,15H2/t28-,29-/m1/s1. The molecule has 0 amide bonds. The van der Waals surface area contributed by atoms with Gasteiger partial charge in [-0.3, -0.25) is 4.79 Å². The van der Waals surface area contributed by atoms with E-state index in [4.69, 9.17) is 4.74 Å². The highest BCUT2D eigenvalue weighted by atomic mass is 79.9. The van der Waals surface area contributed by atoms with E-state index in [0.29, 0.717) is 5.56 Å². The molecule has 3 heteroatoms. The summed E-state index contributed by atoms with van der Waals surface area (Å²) < 4.78 is 6.81. The van der Waals surface area contributed by atoms with Crippen LogP contribution < -0.4 is 0 Å². The number of carbonyl (C=O) groups is 1. The van der Waals surface area contributed by atoms with Gasteiger partial charge in [-0.25, -0.2) is 0 Å². The SMILES string of the molecule is O=C(c1ccc(Br)cc1)[C@H]1O[C@@H]1c1ccccc1CCCCCCCCc1ccccc1. The van der Waals surface area contributed by atoms with Crippen molar-refractivity contribution in [2.24, 2.45) is 0 Å². The molecule has 2 atom stereocenters. The third-order valence-corrected chi connectivity index (χ3v) is 6.77. The van der Waals surface area contributed by atoms with E-state index in [-0.39, 0.29) is 18.0 Å². The average Bonchev–Trinajstić information content (AvgIpc) is 3.62. The van der Waals surface area contributed by atoms with Gasteiger partial charge in [0.05, 0.1) is 0 Å². The molecule has 0 spiro atoms. The third-order valence-electron chi connectivity index (χ3n) is 6.24. The van der Waals surface area contributed by atoms with Crippen molar-refractivity contribution in [3.63, 3.8) is 0 Å². The minimum atomic E-state index is -0.345. The third kappa shape index (κ3) is 6.40. The van der Waals surface area contributed by atoms with Gasteiger partial charge in [0, 0.05) is 10.0 Å². The van der Waals surface area contributed by atoms with Crippen molar-refractivity contribution in [2.45, 2.75) is 63.6 Å². The number of carbonyl (C=O) groups excluding carboxylic acids is 1. The number of rotatable bonds is 12. The van der Waals surface area contributed by atoms with E-state index >= 15 is 0 Å². The first-order valence-electron chi connectivity index (χ1n) is 11.8. The number of Topliss-reactive ketones (excluding diaryl/α,β-unsaturated/α-hetero) is 1. The molecule has 0 aromatic heterocycles. The molecule has 0 N–H and O–H groups in total. The van der Waals surface area contributed by atoms with Gasteiger partial charge in [-0.2, -0.15) is 0 Å². The van der Waals surface area contributed by atoms with Crippen molar-refractivity contribution in [1.29, 1.82) is 0 Å². The van der Waals surface area contributed by atoms with Gasteiger partial charge in [0.1, 0.15) is 6.10 Å². The summed E-state index contributed by atoms with van der Waals surface area (Å²) >= 11 is 3.42. The Morgan fingerprint density at radius 2 is 1.34 bits per heavy atom. The van der Waals surface area contributed by atoms with Gasteiger partial charge < -0.3 is 4.74 Å². The Bertz CT molecular complexity index is 997. The lowest BCUT2D eigenvalue weighted by atomic mass is 9.95. The highest BCUT2D eigenvalue weighted by Crippen LogP contribution is 2.42. The molecule has 166 valence electrons. The summed E-state index contributed by atoms with van der Waals surface area (Å²) in [4.78, 5) is 12.7. The maximum Gasteiger partial charge on any atom is 0.194 e. The molecule has 0 saturated carbocycles. The quantitative estimate of drug-likeness (QED) is 0.146. The Morgan fingerprint density at radius 3 is 2.09 bits per heavy atom. The number of epoxide rings is 1. The normalized spacial score (nSPS) is 17.3. The molecule has 3 aromatic rings. The molecule has 1 aliphatic rings. The van der Waals surface area contributed by atoms with Crippen LogP contribution >= 0.6 is 15.9 Å². The molecule has 4 rings (SSSR count). The lowest BCUT2D eigenvalue weighted by molar-refractivity contribution is 0.0953. The molecule has 3 aromatic carbocycles. The summed E-state index contributed by atoms with van der Waals surface area (Å²) in [5.41, 5.74) is 4.67. The Hall–Kier alpha value is -2.23. The first-order chi connectivity index (χ1) is 15.7. The number of hydrogen-bond donors (Lipinski definition) is 0. The van der Waals surface area contributed by atoms with Gasteiger partial charge in [-0.1, -0.05) is 108 Å². The molecule has 1 heterocycles. The van der Waals surface area contributed by atoms with E-state index in [1.165, 1.54) is 61.6 Å². The first kappa shape index (κ1) is 22.9. The number of unbranched alkanes of at least 4 members (excludes halogenated alkanes) is 5. The van der Waals surface area contributed by atoms with Crippen molar-refractivity contribution < 1.29 is 9.53 Å². The van der Waals surface area contributed by atoms with E-state index < -0.39 is 0 Å². The monoisotopic (exact) mass is 490 g/mol. The zero-order valence-corrected chi connectivity index (χ0v) is 20.1. The Balaban J connectivity index is 1.18. The van der Waals surface area contributed by atoms with Crippen LogP contribution in [0.25, 0.3) is 0 Å². The minimum absolute atomic E-state index is 0.0767. The largest absolute Gasteiger partial charge is 0.356 e. The molecule has 2 nitrogen and oxygen atoms in total. The maximum absolute atomic E-state index is 12.7.